The summed E-state index contributed by atoms with van der Waals surface area (Å²) < 4.78 is 16.9. The SMILES string of the molecule is CCNC(=NCC1CCOc2ccccc21)N1CCC(OCCCOC)CC1.I. The summed E-state index contributed by atoms with van der Waals surface area (Å²) in [6, 6.07) is 8.37. The van der Waals surface area contributed by atoms with Crippen LogP contribution in [0.25, 0.3) is 0 Å². The molecule has 0 spiro atoms. The standard InChI is InChI=1S/C22H35N3O3.HI/c1-3-23-22(25-12-9-19(10-13-25)27-15-6-14-26-2)24-17-18-11-16-28-21-8-5-4-7-20(18)21;/h4-5,7-8,18-19H,3,6,9-17H2,1-2H3,(H,23,24);1H. The van der Waals surface area contributed by atoms with Crippen molar-refractivity contribution < 1.29 is 14.2 Å². The van der Waals surface area contributed by atoms with Gasteiger partial charge < -0.3 is 24.4 Å². The quantitative estimate of drug-likeness (QED) is 0.247. The molecule has 1 aromatic carbocycles. The minimum Gasteiger partial charge on any atom is -0.493 e. The molecular weight excluding hydrogens is 481 g/mol. The maximum atomic E-state index is 5.99. The number of aliphatic imine (C=N–C) groups is 1. The monoisotopic (exact) mass is 517 g/mol. The Morgan fingerprint density at radius 1 is 1.21 bits per heavy atom. The summed E-state index contributed by atoms with van der Waals surface area (Å²) in [5.74, 6) is 2.48. The number of piperidine rings is 1. The van der Waals surface area contributed by atoms with Crippen molar-refractivity contribution in [2.24, 2.45) is 4.99 Å². The molecule has 3 rings (SSSR count). The molecule has 7 heteroatoms. The molecule has 0 saturated carbocycles. The van der Waals surface area contributed by atoms with Gasteiger partial charge in [-0.05, 0) is 44.2 Å². The zero-order chi connectivity index (χ0) is 19.6. The first-order valence-corrected chi connectivity index (χ1v) is 10.7. The number of halogens is 1. The van der Waals surface area contributed by atoms with Crippen LogP contribution >= 0.6 is 24.0 Å². The van der Waals surface area contributed by atoms with E-state index in [4.69, 9.17) is 19.2 Å². The number of nitrogens with one attached hydrogen (secondary N) is 1. The van der Waals surface area contributed by atoms with Crippen LogP contribution in [-0.4, -0.2) is 70.1 Å². The zero-order valence-electron chi connectivity index (χ0n) is 17.8. The summed E-state index contributed by atoms with van der Waals surface area (Å²) in [5.41, 5.74) is 1.29. The molecule has 0 aromatic heterocycles. The van der Waals surface area contributed by atoms with Gasteiger partial charge in [-0.3, -0.25) is 4.99 Å². The van der Waals surface area contributed by atoms with Crippen LogP contribution < -0.4 is 10.1 Å². The van der Waals surface area contributed by atoms with E-state index in [1.807, 2.05) is 6.07 Å². The Labute approximate surface area is 192 Å². The van der Waals surface area contributed by atoms with Gasteiger partial charge in [-0.25, -0.2) is 0 Å². The number of nitrogens with zero attached hydrogens (tertiary/aromatic N) is 2. The van der Waals surface area contributed by atoms with Crippen LogP contribution in [0.15, 0.2) is 29.3 Å². The maximum absolute atomic E-state index is 5.99. The van der Waals surface area contributed by atoms with Gasteiger partial charge in [0.2, 0.25) is 0 Å². The second-order valence-corrected chi connectivity index (χ2v) is 7.47. The molecule has 1 N–H and O–H groups in total. The Morgan fingerprint density at radius 2 is 2.00 bits per heavy atom. The summed E-state index contributed by atoms with van der Waals surface area (Å²) in [6.07, 6.45) is 4.46. The molecule has 0 radical (unpaired) electrons. The third-order valence-electron chi connectivity index (χ3n) is 5.47. The fourth-order valence-electron chi connectivity index (χ4n) is 3.92. The van der Waals surface area contributed by atoms with E-state index in [2.05, 4.69) is 35.3 Å². The smallest absolute Gasteiger partial charge is 0.193 e. The van der Waals surface area contributed by atoms with Gasteiger partial charge in [0.15, 0.2) is 5.96 Å². The van der Waals surface area contributed by atoms with E-state index in [0.717, 1.165) is 83.4 Å². The average Bonchev–Trinajstić information content (AvgIpc) is 2.75. The minimum absolute atomic E-state index is 0. The van der Waals surface area contributed by atoms with Crippen LogP contribution in [0.5, 0.6) is 5.75 Å². The summed E-state index contributed by atoms with van der Waals surface area (Å²) in [5, 5.41) is 3.48. The highest BCUT2D eigenvalue weighted by atomic mass is 127. The first kappa shape index (κ1) is 24.2. The molecule has 29 heavy (non-hydrogen) atoms. The van der Waals surface area contributed by atoms with Crippen molar-refractivity contribution in [2.75, 3.05) is 53.1 Å². The molecule has 1 atom stereocenters. The summed E-state index contributed by atoms with van der Waals surface area (Å²) >= 11 is 0. The fourth-order valence-corrected chi connectivity index (χ4v) is 3.92. The van der Waals surface area contributed by atoms with Crippen LogP contribution in [0.3, 0.4) is 0 Å². The maximum Gasteiger partial charge on any atom is 0.193 e. The largest absolute Gasteiger partial charge is 0.493 e. The predicted molar refractivity (Wildman–Crippen MR) is 128 cm³/mol. The van der Waals surface area contributed by atoms with Crippen molar-refractivity contribution in [3.8, 4) is 5.75 Å². The predicted octanol–water partition coefficient (Wildman–Crippen LogP) is 3.65. The first-order valence-electron chi connectivity index (χ1n) is 10.7. The number of ether oxygens (including phenoxy) is 3. The third-order valence-corrected chi connectivity index (χ3v) is 5.47. The molecule has 2 aliphatic heterocycles. The van der Waals surface area contributed by atoms with E-state index in [1.54, 1.807) is 7.11 Å². The van der Waals surface area contributed by atoms with Crippen LogP contribution in [0, 0.1) is 0 Å². The molecule has 2 aliphatic rings. The minimum atomic E-state index is 0. The topological polar surface area (TPSA) is 55.3 Å². The molecular formula is C22H36IN3O3. The molecule has 6 nitrogen and oxygen atoms in total. The lowest BCUT2D eigenvalue weighted by Crippen LogP contribution is -2.47. The Hall–Kier alpha value is -1.06. The number of fused-ring (bicyclic) bond motifs is 1. The normalized spacial score (nSPS) is 19.9. The van der Waals surface area contributed by atoms with E-state index in [-0.39, 0.29) is 24.0 Å². The van der Waals surface area contributed by atoms with Gasteiger partial charge in [0.1, 0.15) is 5.75 Å². The van der Waals surface area contributed by atoms with Crippen LogP contribution in [0.4, 0.5) is 0 Å². The van der Waals surface area contributed by atoms with Gasteiger partial charge in [-0.15, -0.1) is 24.0 Å². The van der Waals surface area contributed by atoms with Crippen LogP contribution in [-0.2, 0) is 9.47 Å². The second-order valence-electron chi connectivity index (χ2n) is 7.47. The number of para-hydroxylation sites is 1. The van der Waals surface area contributed by atoms with E-state index in [1.165, 1.54) is 5.56 Å². The molecule has 0 amide bonds. The summed E-state index contributed by atoms with van der Waals surface area (Å²) in [6.45, 7) is 8.13. The van der Waals surface area contributed by atoms with E-state index in [0.29, 0.717) is 12.0 Å². The van der Waals surface area contributed by atoms with Crippen molar-refractivity contribution in [3.63, 3.8) is 0 Å². The summed E-state index contributed by atoms with van der Waals surface area (Å²) in [4.78, 5) is 7.37. The number of benzene rings is 1. The van der Waals surface area contributed by atoms with Crippen molar-refractivity contribution >= 4 is 29.9 Å². The number of methoxy groups -OCH3 is 1. The van der Waals surface area contributed by atoms with Crippen molar-refractivity contribution in [2.45, 2.75) is 44.6 Å². The highest BCUT2D eigenvalue weighted by molar-refractivity contribution is 14.0. The lowest BCUT2D eigenvalue weighted by Gasteiger charge is -2.34. The fraction of sp³-hybridized carbons (Fsp3) is 0.682. The van der Waals surface area contributed by atoms with Gasteiger partial charge in [0.05, 0.1) is 12.7 Å². The second kappa shape index (κ2) is 13.3. The van der Waals surface area contributed by atoms with E-state index >= 15 is 0 Å². The molecule has 1 saturated heterocycles. The highest BCUT2D eigenvalue weighted by Crippen LogP contribution is 2.33. The van der Waals surface area contributed by atoms with E-state index < -0.39 is 0 Å². The Kier molecular flexibility index (Phi) is 11.1. The number of rotatable bonds is 8. The van der Waals surface area contributed by atoms with E-state index in [9.17, 15) is 0 Å². The number of hydrogen-bond donors (Lipinski definition) is 1. The van der Waals surface area contributed by atoms with Crippen molar-refractivity contribution in [1.82, 2.24) is 10.2 Å². The van der Waals surface area contributed by atoms with Gasteiger partial charge >= 0.3 is 0 Å². The van der Waals surface area contributed by atoms with Gasteiger partial charge in [0.25, 0.3) is 0 Å². The van der Waals surface area contributed by atoms with Crippen molar-refractivity contribution in [1.29, 1.82) is 0 Å². The lowest BCUT2D eigenvalue weighted by atomic mass is 9.93. The van der Waals surface area contributed by atoms with Crippen molar-refractivity contribution in [3.05, 3.63) is 29.8 Å². The summed E-state index contributed by atoms with van der Waals surface area (Å²) in [7, 11) is 1.74. The van der Waals surface area contributed by atoms with Gasteiger partial charge in [0, 0.05) is 52.4 Å². The average molecular weight is 517 g/mol. The molecule has 1 unspecified atom stereocenters. The molecule has 0 aliphatic carbocycles. The number of likely N-dealkylation sites (tertiary alicyclic amines) is 1. The van der Waals surface area contributed by atoms with Crippen LogP contribution in [0.1, 0.15) is 44.1 Å². The zero-order valence-corrected chi connectivity index (χ0v) is 20.1. The first-order chi connectivity index (χ1) is 13.8. The molecule has 1 aromatic rings. The molecule has 0 bridgehead atoms. The van der Waals surface area contributed by atoms with Crippen LogP contribution in [0.2, 0.25) is 0 Å². The molecule has 164 valence electrons. The third kappa shape index (κ3) is 7.29. The molecule has 2 heterocycles. The molecule has 1 fully saturated rings. The Bertz CT molecular complexity index is 621. The lowest BCUT2D eigenvalue weighted by molar-refractivity contribution is 0.00990. The van der Waals surface area contributed by atoms with Gasteiger partial charge in [-0.2, -0.15) is 0 Å². The van der Waals surface area contributed by atoms with Gasteiger partial charge in [-0.1, -0.05) is 18.2 Å². The Balaban J connectivity index is 0.00000300. The Morgan fingerprint density at radius 3 is 2.76 bits per heavy atom. The number of guanidine groups is 1. The number of hydrogen-bond acceptors (Lipinski definition) is 4. The highest BCUT2D eigenvalue weighted by Gasteiger charge is 2.24.